The summed E-state index contributed by atoms with van der Waals surface area (Å²) in [6, 6.07) is 11.1. The van der Waals surface area contributed by atoms with Crippen molar-refractivity contribution in [1.29, 1.82) is 0 Å². The molecule has 3 rings (SSSR count). The lowest BCUT2D eigenvalue weighted by molar-refractivity contribution is 0.0737. The molecule has 0 aliphatic heterocycles. The zero-order chi connectivity index (χ0) is 16.9. The zero-order valence-electron chi connectivity index (χ0n) is 13.7. The van der Waals surface area contributed by atoms with Gasteiger partial charge in [-0.1, -0.05) is 19.1 Å². The third-order valence-electron chi connectivity index (χ3n) is 3.71. The normalized spacial score (nSPS) is 10.8. The van der Waals surface area contributed by atoms with Gasteiger partial charge in [-0.2, -0.15) is 10.3 Å². The number of aromatic amines is 1. The number of pyridine rings is 1. The van der Waals surface area contributed by atoms with Crippen LogP contribution >= 0.6 is 0 Å². The van der Waals surface area contributed by atoms with Gasteiger partial charge in [-0.15, -0.1) is 5.10 Å². The molecule has 24 heavy (non-hydrogen) atoms. The molecule has 0 unspecified atom stereocenters. The van der Waals surface area contributed by atoms with Crippen molar-refractivity contribution in [3.05, 3.63) is 47.7 Å². The van der Waals surface area contributed by atoms with Crippen molar-refractivity contribution in [1.82, 2.24) is 25.3 Å². The number of aromatic nitrogens is 4. The number of nitrogens with zero attached hydrogens (tertiary/aromatic N) is 4. The van der Waals surface area contributed by atoms with Crippen LogP contribution in [0.5, 0.6) is 5.75 Å². The van der Waals surface area contributed by atoms with E-state index in [1.807, 2.05) is 31.2 Å². The van der Waals surface area contributed by atoms with Gasteiger partial charge >= 0.3 is 0 Å². The highest BCUT2D eigenvalue weighted by Crippen LogP contribution is 2.15. The van der Waals surface area contributed by atoms with Crippen LogP contribution in [0.2, 0.25) is 0 Å². The number of H-pyrrole nitrogens is 1. The average molecular weight is 325 g/mol. The van der Waals surface area contributed by atoms with Gasteiger partial charge in [-0.3, -0.25) is 4.79 Å². The molecule has 2 heterocycles. The standard InChI is InChI=1S/C17H19N5O2/c1-3-10-22(11-12-4-6-13(24-2)7-5-12)17(23)15-9-8-14-16(18-15)20-21-19-14/h4-9H,3,10-11H2,1-2H3,(H,18,19,20,21). The molecule has 0 bridgehead atoms. The quantitative estimate of drug-likeness (QED) is 0.752. The SMILES string of the molecule is CCCN(Cc1ccc(OC)cc1)C(=O)c1ccc2n[nH]nc2n1. The summed E-state index contributed by atoms with van der Waals surface area (Å²) in [4.78, 5) is 18.9. The first-order chi connectivity index (χ1) is 11.7. The number of methoxy groups -OCH3 is 1. The molecule has 0 aliphatic rings. The summed E-state index contributed by atoms with van der Waals surface area (Å²) >= 11 is 0. The Morgan fingerprint density at radius 3 is 2.67 bits per heavy atom. The molecule has 1 N–H and O–H groups in total. The van der Waals surface area contributed by atoms with Gasteiger partial charge in [0.15, 0.2) is 0 Å². The monoisotopic (exact) mass is 325 g/mol. The molecular formula is C17H19N5O2. The largest absolute Gasteiger partial charge is 0.497 e. The number of carbonyl (C=O) groups is 1. The van der Waals surface area contributed by atoms with E-state index in [2.05, 4.69) is 20.4 Å². The minimum Gasteiger partial charge on any atom is -0.497 e. The number of rotatable bonds is 6. The third-order valence-corrected chi connectivity index (χ3v) is 3.71. The van der Waals surface area contributed by atoms with E-state index in [1.165, 1.54) is 0 Å². The lowest BCUT2D eigenvalue weighted by atomic mass is 10.2. The van der Waals surface area contributed by atoms with E-state index in [-0.39, 0.29) is 5.91 Å². The second kappa shape index (κ2) is 7.08. The lowest BCUT2D eigenvalue weighted by Gasteiger charge is -2.22. The van der Waals surface area contributed by atoms with Gasteiger partial charge in [-0.25, -0.2) is 4.98 Å². The van der Waals surface area contributed by atoms with Gasteiger partial charge in [-0.05, 0) is 36.2 Å². The summed E-state index contributed by atoms with van der Waals surface area (Å²) in [5, 5.41) is 10.4. The Kier molecular flexibility index (Phi) is 4.69. The highest BCUT2D eigenvalue weighted by atomic mass is 16.5. The number of ether oxygens (including phenoxy) is 1. The topological polar surface area (TPSA) is 84.0 Å². The van der Waals surface area contributed by atoms with Crippen LogP contribution in [0.15, 0.2) is 36.4 Å². The molecule has 0 spiro atoms. The molecule has 2 aromatic heterocycles. The van der Waals surface area contributed by atoms with E-state index in [0.29, 0.717) is 29.9 Å². The number of amides is 1. The summed E-state index contributed by atoms with van der Waals surface area (Å²) in [6.07, 6.45) is 0.869. The molecular weight excluding hydrogens is 306 g/mol. The molecule has 1 amide bonds. The molecule has 0 fully saturated rings. The Labute approximate surface area is 139 Å². The second-order valence-electron chi connectivity index (χ2n) is 5.44. The summed E-state index contributed by atoms with van der Waals surface area (Å²) in [6.45, 7) is 3.22. The average Bonchev–Trinajstić information content (AvgIpc) is 3.09. The highest BCUT2D eigenvalue weighted by molar-refractivity contribution is 5.94. The van der Waals surface area contributed by atoms with Crippen LogP contribution in [0.3, 0.4) is 0 Å². The van der Waals surface area contributed by atoms with Crippen LogP contribution in [0.4, 0.5) is 0 Å². The first kappa shape index (κ1) is 15.9. The van der Waals surface area contributed by atoms with E-state index in [0.717, 1.165) is 17.7 Å². The van der Waals surface area contributed by atoms with Gasteiger partial charge in [0.25, 0.3) is 5.91 Å². The lowest BCUT2D eigenvalue weighted by Crippen LogP contribution is -2.31. The maximum absolute atomic E-state index is 12.8. The van der Waals surface area contributed by atoms with Gasteiger partial charge in [0.1, 0.15) is 17.0 Å². The molecule has 1 aromatic carbocycles. The number of carbonyl (C=O) groups excluding carboxylic acids is 1. The smallest absolute Gasteiger partial charge is 0.272 e. The molecule has 3 aromatic rings. The van der Waals surface area contributed by atoms with Crippen LogP contribution in [0.1, 0.15) is 29.4 Å². The summed E-state index contributed by atoms with van der Waals surface area (Å²) < 4.78 is 5.17. The van der Waals surface area contributed by atoms with Crippen molar-refractivity contribution in [3.8, 4) is 5.75 Å². The van der Waals surface area contributed by atoms with E-state index in [4.69, 9.17) is 4.74 Å². The Hall–Kier alpha value is -2.96. The summed E-state index contributed by atoms with van der Waals surface area (Å²) in [5.74, 6) is 0.683. The maximum Gasteiger partial charge on any atom is 0.272 e. The minimum atomic E-state index is -0.113. The van der Waals surface area contributed by atoms with Crippen LogP contribution in [0.25, 0.3) is 11.2 Å². The number of fused-ring (bicyclic) bond motifs is 1. The Morgan fingerprint density at radius 2 is 1.96 bits per heavy atom. The van der Waals surface area contributed by atoms with Crippen molar-refractivity contribution in [2.24, 2.45) is 0 Å². The number of hydrogen-bond donors (Lipinski definition) is 1. The fraction of sp³-hybridized carbons (Fsp3) is 0.294. The third kappa shape index (κ3) is 3.34. The number of nitrogens with one attached hydrogen (secondary N) is 1. The predicted molar refractivity (Wildman–Crippen MR) is 89.7 cm³/mol. The first-order valence-electron chi connectivity index (χ1n) is 7.81. The first-order valence-corrected chi connectivity index (χ1v) is 7.81. The molecule has 124 valence electrons. The van der Waals surface area contributed by atoms with Crippen LogP contribution in [-0.4, -0.2) is 44.9 Å². The van der Waals surface area contributed by atoms with Crippen LogP contribution < -0.4 is 4.74 Å². The van der Waals surface area contributed by atoms with Crippen molar-refractivity contribution in [2.45, 2.75) is 19.9 Å². The molecule has 0 saturated heterocycles. The second-order valence-corrected chi connectivity index (χ2v) is 5.44. The summed E-state index contributed by atoms with van der Waals surface area (Å²) in [5.41, 5.74) is 2.50. The molecule has 7 heteroatoms. The van der Waals surface area contributed by atoms with Gasteiger partial charge < -0.3 is 9.64 Å². The predicted octanol–water partition coefficient (Wildman–Crippen LogP) is 2.41. The van der Waals surface area contributed by atoms with Crippen LogP contribution in [0, 0.1) is 0 Å². The van der Waals surface area contributed by atoms with Crippen molar-refractivity contribution in [3.63, 3.8) is 0 Å². The van der Waals surface area contributed by atoms with Crippen molar-refractivity contribution >= 4 is 17.1 Å². The summed E-state index contributed by atoms with van der Waals surface area (Å²) in [7, 11) is 1.63. The van der Waals surface area contributed by atoms with E-state index in [1.54, 1.807) is 24.1 Å². The minimum absolute atomic E-state index is 0.113. The van der Waals surface area contributed by atoms with Crippen molar-refractivity contribution in [2.75, 3.05) is 13.7 Å². The van der Waals surface area contributed by atoms with Gasteiger partial charge in [0.2, 0.25) is 5.65 Å². The fourth-order valence-corrected chi connectivity index (χ4v) is 2.49. The molecule has 0 saturated carbocycles. The van der Waals surface area contributed by atoms with Gasteiger partial charge in [0.05, 0.1) is 7.11 Å². The Balaban J connectivity index is 1.81. The molecule has 0 atom stereocenters. The van der Waals surface area contributed by atoms with E-state index >= 15 is 0 Å². The Morgan fingerprint density at radius 1 is 1.17 bits per heavy atom. The van der Waals surface area contributed by atoms with E-state index < -0.39 is 0 Å². The van der Waals surface area contributed by atoms with Gasteiger partial charge in [0, 0.05) is 13.1 Å². The van der Waals surface area contributed by atoms with E-state index in [9.17, 15) is 4.79 Å². The van der Waals surface area contributed by atoms with Crippen molar-refractivity contribution < 1.29 is 9.53 Å². The highest BCUT2D eigenvalue weighted by Gasteiger charge is 2.18. The Bertz CT molecular complexity index is 828. The maximum atomic E-state index is 12.8. The molecule has 0 aliphatic carbocycles. The number of hydrogen-bond acceptors (Lipinski definition) is 5. The fourth-order valence-electron chi connectivity index (χ4n) is 2.49. The molecule has 0 radical (unpaired) electrons. The van der Waals surface area contributed by atoms with Crippen LogP contribution in [-0.2, 0) is 6.54 Å². The zero-order valence-corrected chi connectivity index (χ0v) is 13.7. The molecule has 7 nitrogen and oxygen atoms in total. The number of benzene rings is 1.